The first-order chi connectivity index (χ1) is 6.74. The van der Waals surface area contributed by atoms with Gasteiger partial charge in [-0.1, -0.05) is 29.8 Å². The molecule has 0 unspecified atom stereocenters. The Kier molecular flexibility index (Phi) is 3.96. The molecule has 1 aromatic carbocycles. The molecule has 0 aromatic heterocycles. The van der Waals surface area contributed by atoms with Crippen molar-refractivity contribution >= 4 is 17.5 Å². The molecule has 0 aliphatic carbocycles. The van der Waals surface area contributed by atoms with E-state index in [1.807, 2.05) is 18.2 Å². The Bertz CT molecular complexity index is 371. The standard InChI is InChI=1S/C10H9ClN2O/c1-12-7-10(14)13-6-8-4-2-3-5-9(8)11/h2-5H,6-7H2,(H,13,14). The van der Waals surface area contributed by atoms with Gasteiger partial charge in [0.25, 0.3) is 12.5 Å². The number of nitrogens with one attached hydrogen (secondary N) is 1. The summed E-state index contributed by atoms with van der Waals surface area (Å²) >= 11 is 5.87. The molecule has 1 aromatic rings. The fourth-order valence-corrected chi connectivity index (χ4v) is 1.17. The Morgan fingerprint density at radius 1 is 1.50 bits per heavy atom. The summed E-state index contributed by atoms with van der Waals surface area (Å²) in [6.45, 7) is 6.73. The molecule has 0 aliphatic rings. The number of carbonyl (C=O) groups excluding carboxylic acids is 1. The van der Waals surface area contributed by atoms with Gasteiger partial charge in [0.1, 0.15) is 0 Å². The summed E-state index contributed by atoms with van der Waals surface area (Å²) < 4.78 is 0. The van der Waals surface area contributed by atoms with Gasteiger partial charge in [-0.2, -0.15) is 0 Å². The van der Waals surface area contributed by atoms with Crippen molar-refractivity contribution in [3.63, 3.8) is 0 Å². The Morgan fingerprint density at radius 3 is 2.86 bits per heavy atom. The second-order valence-electron chi connectivity index (χ2n) is 2.68. The maximum Gasteiger partial charge on any atom is 0.300 e. The average molecular weight is 209 g/mol. The normalized spacial score (nSPS) is 9.14. The van der Waals surface area contributed by atoms with Crippen LogP contribution in [-0.2, 0) is 11.3 Å². The molecule has 1 rings (SSSR count). The summed E-state index contributed by atoms with van der Waals surface area (Å²) in [6, 6.07) is 7.27. The van der Waals surface area contributed by atoms with Gasteiger partial charge >= 0.3 is 0 Å². The largest absolute Gasteiger partial charge is 0.346 e. The Morgan fingerprint density at radius 2 is 2.21 bits per heavy atom. The van der Waals surface area contributed by atoms with Crippen LogP contribution in [0.2, 0.25) is 5.02 Å². The molecule has 1 N–H and O–H groups in total. The molecule has 0 heterocycles. The fourth-order valence-electron chi connectivity index (χ4n) is 0.963. The summed E-state index contributed by atoms with van der Waals surface area (Å²) in [5.74, 6) is -0.278. The van der Waals surface area contributed by atoms with Crippen LogP contribution in [0.25, 0.3) is 4.85 Å². The maximum absolute atomic E-state index is 11.0. The minimum Gasteiger partial charge on any atom is -0.346 e. The van der Waals surface area contributed by atoms with E-state index in [0.29, 0.717) is 11.6 Å². The topological polar surface area (TPSA) is 33.5 Å². The smallest absolute Gasteiger partial charge is 0.300 e. The number of amides is 1. The van der Waals surface area contributed by atoms with Gasteiger partial charge in [-0.05, 0) is 11.6 Å². The van der Waals surface area contributed by atoms with Crippen molar-refractivity contribution < 1.29 is 4.79 Å². The van der Waals surface area contributed by atoms with Gasteiger partial charge in [0, 0.05) is 11.6 Å². The van der Waals surface area contributed by atoms with E-state index in [0.717, 1.165) is 5.56 Å². The van der Waals surface area contributed by atoms with Crippen LogP contribution in [0.4, 0.5) is 0 Å². The number of rotatable bonds is 3. The van der Waals surface area contributed by atoms with Crippen LogP contribution in [0.5, 0.6) is 0 Å². The van der Waals surface area contributed by atoms with Crippen LogP contribution >= 0.6 is 11.6 Å². The molecule has 0 spiro atoms. The molecule has 0 atom stereocenters. The summed E-state index contributed by atoms with van der Waals surface area (Å²) in [7, 11) is 0. The SMILES string of the molecule is [C-]#[N+]CC(=O)NCc1ccccc1Cl. The monoisotopic (exact) mass is 208 g/mol. The van der Waals surface area contributed by atoms with E-state index in [1.54, 1.807) is 6.07 Å². The summed E-state index contributed by atoms with van der Waals surface area (Å²) in [5.41, 5.74) is 0.854. The van der Waals surface area contributed by atoms with Gasteiger partial charge in [-0.3, -0.25) is 4.79 Å². The molecule has 1 amide bonds. The van der Waals surface area contributed by atoms with Crippen LogP contribution in [0.1, 0.15) is 5.56 Å². The lowest BCUT2D eigenvalue weighted by molar-refractivity contribution is -0.119. The summed E-state index contributed by atoms with van der Waals surface area (Å²) in [6.07, 6.45) is 0. The number of hydrogen-bond acceptors (Lipinski definition) is 1. The zero-order valence-corrected chi connectivity index (χ0v) is 8.21. The third-order valence-corrected chi connectivity index (χ3v) is 2.03. The van der Waals surface area contributed by atoms with Crippen molar-refractivity contribution in [1.82, 2.24) is 5.32 Å². The zero-order chi connectivity index (χ0) is 10.4. The van der Waals surface area contributed by atoms with E-state index in [1.165, 1.54) is 0 Å². The average Bonchev–Trinajstić information content (AvgIpc) is 2.17. The van der Waals surface area contributed by atoms with E-state index in [2.05, 4.69) is 10.2 Å². The summed E-state index contributed by atoms with van der Waals surface area (Å²) in [5, 5.41) is 3.22. The van der Waals surface area contributed by atoms with E-state index in [4.69, 9.17) is 18.2 Å². The van der Waals surface area contributed by atoms with Crippen molar-refractivity contribution in [2.45, 2.75) is 6.54 Å². The van der Waals surface area contributed by atoms with Gasteiger partial charge in [0.15, 0.2) is 0 Å². The van der Waals surface area contributed by atoms with Crippen molar-refractivity contribution in [2.24, 2.45) is 0 Å². The van der Waals surface area contributed by atoms with E-state index < -0.39 is 0 Å². The predicted octanol–water partition coefficient (Wildman–Crippen LogP) is 1.88. The van der Waals surface area contributed by atoms with Crippen LogP contribution < -0.4 is 5.32 Å². The summed E-state index contributed by atoms with van der Waals surface area (Å²) in [4.78, 5) is 13.9. The number of carbonyl (C=O) groups is 1. The van der Waals surface area contributed by atoms with Crippen molar-refractivity contribution in [2.75, 3.05) is 6.54 Å². The second-order valence-corrected chi connectivity index (χ2v) is 3.09. The van der Waals surface area contributed by atoms with E-state index in [-0.39, 0.29) is 12.5 Å². The molecule has 0 bridgehead atoms. The van der Waals surface area contributed by atoms with Crippen LogP contribution in [0, 0.1) is 6.57 Å². The van der Waals surface area contributed by atoms with E-state index >= 15 is 0 Å². The molecule has 4 heteroatoms. The highest BCUT2D eigenvalue weighted by molar-refractivity contribution is 6.31. The first-order valence-electron chi connectivity index (χ1n) is 4.07. The number of nitrogens with zero attached hydrogens (tertiary/aromatic N) is 1. The molecule has 0 saturated heterocycles. The molecule has 0 saturated carbocycles. The Balaban J connectivity index is 2.51. The van der Waals surface area contributed by atoms with Crippen LogP contribution in [0.3, 0.4) is 0 Å². The van der Waals surface area contributed by atoms with Gasteiger partial charge in [0.05, 0.1) is 0 Å². The number of halogens is 1. The lowest BCUT2D eigenvalue weighted by Gasteiger charge is -2.03. The van der Waals surface area contributed by atoms with Crippen molar-refractivity contribution in [3.05, 3.63) is 46.3 Å². The molecular weight excluding hydrogens is 200 g/mol. The first-order valence-corrected chi connectivity index (χ1v) is 4.45. The van der Waals surface area contributed by atoms with Crippen LogP contribution in [-0.4, -0.2) is 12.5 Å². The third-order valence-electron chi connectivity index (χ3n) is 1.66. The Hall–Kier alpha value is -1.53. The molecule has 0 radical (unpaired) electrons. The van der Waals surface area contributed by atoms with Crippen molar-refractivity contribution in [1.29, 1.82) is 0 Å². The van der Waals surface area contributed by atoms with Gasteiger partial charge in [-0.15, -0.1) is 0 Å². The molecule has 0 fully saturated rings. The maximum atomic E-state index is 11.0. The number of hydrogen-bond donors (Lipinski definition) is 1. The molecular formula is C10H9ClN2O. The molecule has 14 heavy (non-hydrogen) atoms. The first kappa shape index (κ1) is 10.6. The van der Waals surface area contributed by atoms with Crippen LogP contribution in [0.15, 0.2) is 24.3 Å². The lowest BCUT2D eigenvalue weighted by atomic mass is 10.2. The zero-order valence-electron chi connectivity index (χ0n) is 7.46. The minimum absolute atomic E-state index is 0.134. The lowest BCUT2D eigenvalue weighted by Crippen LogP contribution is -2.24. The third kappa shape index (κ3) is 3.08. The molecule has 0 aliphatic heterocycles. The Labute approximate surface area is 87.5 Å². The predicted molar refractivity (Wildman–Crippen MR) is 54.8 cm³/mol. The van der Waals surface area contributed by atoms with Gasteiger partial charge < -0.3 is 10.2 Å². The second kappa shape index (κ2) is 5.25. The van der Waals surface area contributed by atoms with Gasteiger partial charge in [-0.25, -0.2) is 6.57 Å². The van der Waals surface area contributed by atoms with Crippen molar-refractivity contribution in [3.8, 4) is 0 Å². The van der Waals surface area contributed by atoms with E-state index in [9.17, 15) is 4.79 Å². The molecule has 3 nitrogen and oxygen atoms in total. The fraction of sp³-hybridized carbons (Fsp3) is 0.200. The quantitative estimate of drug-likeness (QED) is 0.756. The molecule has 72 valence electrons. The highest BCUT2D eigenvalue weighted by Crippen LogP contribution is 2.13. The van der Waals surface area contributed by atoms with Gasteiger partial charge in [0.2, 0.25) is 0 Å². The number of benzene rings is 1. The highest BCUT2D eigenvalue weighted by atomic mass is 35.5. The highest BCUT2D eigenvalue weighted by Gasteiger charge is 2.04. The minimum atomic E-state index is -0.278.